The number of carboxylic acids is 1. The number of carboxylic acid groups (broad SMARTS) is 1. The van der Waals surface area contributed by atoms with Gasteiger partial charge >= 0.3 is 13.6 Å². The van der Waals surface area contributed by atoms with Crippen molar-refractivity contribution in [1.82, 2.24) is 0 Å². The van der Waals surface area contributed by atoms with Crippen molar-refractivity contribution in [1.29, 1.82) is 0 Å². The molecule has 0 unspecified atom stereocenters. The predicted octanol–water partition coefficient (Wildman–Crippen LogP) is 0.543. The van der Waals surface area contributed by atoms with Gasteiger partial charge in [-0.25, -0.2) is 0 Å². The van der Waals surface area contributed by atoms with Gasteiger partial charge < -0.3 is 14.9 Å². The number of hydrogen-bond donors (Lipinski definition) is 3. The molecule has 3 N–H and O–H groups in total. The molecule has 0 saturated heterocycles. The first-order chi connectivity index (χ1) is 4.81. The zero-order valence-electron chi connectivity index (χ0n) is 5.89. The Labute approximate surface area is 63.5 Å². The number of carbonyl (C=O) groups is 1. The SMILES string of the molecule is CC(=CP(=O)(O)O)CC(=O)O. The zero-order chi connectivity index (χ0) is 9.07. The topological polar surface area (TPSA) is 94.8 Å². The molecule has 0 fully saturated rings. The highest BCUT2D eigenvalue weighted by Gasteiger charge is 2.09. The van der Waals surface area contributed by atoms with Crippen LogP contribution in [0.15, 0.2) is 11.4 Å². The van der Waals surface area contributed by atoms with E-state index < -0.39 is 13.6 Å². The molecule has 0 rings (SSSR count). The number of hydrogen-bond acceptors (Lipinski definition) is 2. The summed E-state index contributed by atoms with van der Waals surface area (Å²) in [5, 5.41) is 8.19. The molecule has 0 aromatic carbocycles. The molecule has 0 aromatic rings. The highest BCUT2D eigenvalue weighted by Crippen LogP contribution is 2.37. The molecule has 0 spiro atoms. The summed E-state index contributed by atoms with van der Waals surface area (Å²) >= 11 is 0. The van der Waals surface area contributed by atoms with Gasteiger partial charge in [0, 0.05) is 5.82 Å². The van der Waals surface area contributed by atoms with Gasteiger partial charge in [0.15, 0.2) is 0 Å². The van der Waals surface area contributed by atoms with Crippen LogP contribution in [0.2, 0.25) is 0 Å². The highest BCUT2D eigenvalue weighted by atomic mass is 31.2. The molecule has 0 radical (unpaired) electrons. The first-order valence-electron chi connectivity index (χ1n) is 2.76. The van der Waals surface area contributed by atoms with Gasteiger partial charge in [-0.1, -0.05) is 5.57 Å². The molecular weight excluding hydrogens is 171 g/mol. The number of aliphatic carboxylic acids is 1. The second-order valence-corrected chi connectivity index (χ2v) is 3.57. The van der Waals surface area contributed by atoms with Crippen molar-refractivity contribution in [2.75, 3.05) is 0 Å². The normalized spacial score (nSPS) is 13.2. The molecule has 0 atom stereocenters. The molecular formula is C5H9O5P. The van der Waals surface area contributed by atoms with Gasteiger partial charge in [-0.15, -0.1) is 0 Å². The lowest BCUT2D eigenvalue weighted by molar-refractivity contribution is -0.136. The van der Waals surface area contributed by atoms with Crippen molar-refractivity contribution in [3.63, 3.8) is 0 Å². The molecule has 5 nitrogen and oxygen atoms in total. The fraction of sp³-hybridized carbons (Fsp3) is 0.400. The van der Waals surface area contributed by atoms with Crippen LogP contribution in [0.1, 0.15) is 13.3 Å². The van der Waals surface area contributed by atoms with E-state index in [4.69, 9.17) is 14.9 Å². The Morgan fingerprint density at radius 2 is 2.00 bits per heavy atom. The Morgan fingerprint density at radius 1 is 1.55 bits per heavy atom. The molecule has 11 heavy (non-hydrogen) atoms. The third kappa shape index (κ3) is 7.25. The largest absolute Gasteiger partial charge is 0.481 e. The van der Waals surface area contributed by atoms with Crippen LogP contribution in [0.3, 0.4) is 0 Å². The van der Waals surface area contributed by atoms with Gasteiger partial charge in [-0.2, -0.15) is 0 Å². The van der Waals surface area contributed by atoms with Crippen molar-refractivity contribution in [3.8, 4) is 0 Å². The van der Waals surface area contributed by atoms with Crippen molar-refractivity contribution in [3.05, 3.63) is 11.4 Å². The molecule has 0 aliphatic carbocycles. The minimum atomic E-state index is -4.20. The maximum absolute atomic E-state index is 10.2. The van der Waals surface area contributed by atoms with E-state index in [1.54, 1.807) is 0 Å². The Bertz CT molecular complexity index is 225. The lowest BCUT2D eigenvalue weighted by Crippen LogP contribution is -1.94. The predicted molar refractivity (Wildman–Crippen MR) is 38.1 cm³/mol. The van der Waals surface area contributed by atoms with Crippen LogP contribution in [0.5, 0.6) is 0 Å². The van der Waals surface area contributed by atoms with Gasteiger partial charge in [-0.3, -0.25) is 9.36 Å². The molecule has 0 bridgehead atoms. The highest BCUT2D eigenvalue weighted by molar-refractivity contribution is 7.55. The van der Waals surface area contributed by atoms with Gasteiger partial charge in [0.25, 0.3) is 0 Å². The molecule has 0 aliphatic heterocycles. The molecule has 6 heteroatoms. The Kier molecular flexibility index (Phi) is 3.45. The Balaban J connectivity index is 4.24. The smallest absolute Gasteiger partial charge is 0.349 e. The fourth-order valence-electron chi connectivity index (χ4n) is 0.571. The van der Waals surface area contributed by atoms with E-state index in [1.807, 2.05) is 0 Å². The summed E-state index contributed by atoms with van der Waals surface area (Å²) in [6, 6.07) is 0. The van der Waals surface area contributed by atoms with Crippen LogP contribution >= 0.6 is 7.60 Å². The average molecular weight is 180 g/mol. The van der Waals surface area contributed by atoms with Gasteiger partial charge in [-0.05, 0) is 6.92 Å². The van der Waals surface area contributed by atoms with Crippen LogP contribution in [-0.4, -0.2) is 20.9 Å². The lowest BCUT2D eigenvalue weighted by atomic mass is 10.2. The van der Waals surface area contributed by atoms with E-state index in [1.165, 1.54) is 6.92 Å². The van der Waals surface area contributed by atoms with E-state index in [2.05, 4.69) is 0 Å². The third-order valence-electron chi connectivity index (χ3n) is 0.819. The van der Waals surface area contributed by atoms with Crippen LogP contribution in [0.4, 0.5) is 0 Å². The molecule has 0 aromatic heterocycles. The molecule has 0 amide bonds. The van der Waals surface area contributed by atoms with Crippen LogP contribution in [0.25, 0.3) is 0 Å². The second kappa shape index (κ2) is 3.67. The van der Waals surface area contributed by atoms with Crippen molar-refractivity contribution in [2.45, 2.75) is 13.3 Å². The zero-order valence-corrected chi connectivity index (χ0v) is 6.78. The fourth-order valence-corrected chi connectivity index (χ4v) is 1.24. The van der Waals surface area contributed by atoms with Crippen LogP contribution < -0.4 is 0 Å². The van der Waals surface area contributed by atoms with E-state index in [-0.39, 0.29) is 12.0 Å². The van der Waals surface area contributed by atoms with E-state index in [0.29, 0.717) is 5.82 Å². The van der Waals surface area contributed by atoms with Crippen molar-refractivity contribution in [2.24, 2.45) is 0 Å². The standard InChI is InChI=1S/C5H9O5P/c1-4(2-5(6)7)3-11(8,9)10/h3H,2H2,1H3,(H,6,7)(H2,8,9,10). The molecule has 0 saturated carbocycles. The summed E-state index contributed by atoms with van der Waals surface area (Å²) in [5.41, 5.74) is 0.158. The molecule has 0 heterocycles. The summed E-state index contributed by atoms with van der Waals surface area (Å²) in [5.74, 6) is -0.451. The summed E-state index contributed by atoms with van der Waals surface area (Å²) in [6.07, 6.45) is -0.342. The summed E-state index contributed by atoms with van der Waals surface area (Å²) in [7, 11) is -4.20. The van der Waals surface area contributed by atoms with Crippen LogP contribution in [0, 0.1) is 0 Å². The van der Waals surface area contributed by atoms with E-state index in [9.17, 15) is 9.36 Å². The maximum Gasteiger partial charge on any atom is 0.349 e. The quantitative estimate of drug-likeness (QED) is 0.551. The Morgan fingerprint density at radius 3 is 2.27 bits per heavy atom. The lowest BCUT2D eigenvalue weighted by Gasteiger charge is -1.97. The van der Waals surface area contributed by atoms with Crippen LogP contribution in [-0.2, 0) is 9.36 Å². The second-order valence-electron chi connectivity index (χ2n) is 2.14. The molecule has 0 aliphatic rings. The Hall–Kier alpha value is -0.640. The monoisotopic (exact) mass is 180 g/mol. The van der Waals surface area contributed by atoms with Gasteiger partial charge in [0.05, 0.1) is 6.42 Å². The minimum absolute atomic E-state index is 0.158. The summed E-state index contributed by atoms with van der Waals surface area (Å²) < 4.78 is 10.2. The van der Waals surface area contributed by atoms with Gasteiger partial charge in [0.1, 0.15) is 0 Å². The van der Waals surface area contributed by atoms with E-state index >= 15 is 0 Å². The third-order valence-corrected chi connectivity index (χ3v) is 1.60. The molecule has 64 valence electrons. The average Bonchev–Trinajstić information content (AvgIpc) is 1.53. The van der Waals surface area contributed by atoms with E-state index in [0.717, 1.165) is 0 Å². The first-order valence-corrected chi connectivity index (χ1v) is 4.45. The van der Waals surface area contributed by atoms with Crippen molar-refractivity contribution < 1.29 is 24.3 Å². The van der Waals surface area contributed by atoms with Gasteiger partial charge in [0.2, 0.25) is 0 Å². The first kappa shape index (κ1) is 10.4. The van der Waals surface area contributed by atoms with Crippen molar-refractivity contribution >= 4 is 13.6 Å². The maximum atomic E-state index is 10.2. The minimum Gasteiger partial charge on any atom is -0.481 e. The summed E-state index contributed by atoms with van der Waals surface area (Å²) in [6.45, 7) is 1.35. The summed E-state index contributed by atoms with van der Waals surface area (Å²) in [4.78, 5) is 26.7. The number of rotatable bonds is 3.